The number of methoxy groups -OCH3 is 4. The van der Waals surface area contributed by atoms with E-state index in [0.29, 0.717) is 11.5 Å². The summed E-state index contributed by atoms with van der Waals surface area (Å²) in [5.41, 5.74) is 0.147. The van der Waals surface area contributed by atoms with Gasteiger partial charge in [0.25, 0.3) is 0 Å². The summed E-state index contributed by atoms with van der Waals surface area (Å²) in [6.07, 6.45) is 0. The molecule has 7 nitrogen and oxygen atoms in total. The molecule has 24 heavy (non-hydrogen) atoms. The van der Waals surface area contributed by atoms with E-state index in [1.807, 2.05) is 0 Å². The highest BCUT2D eigenvalue weighted by atomic mass is 16.5. The maximum atomic E-state index is 12.9. The van der Waals surface area contributed by atoms with Crippen LogP contribution in [0.15, 0.2) is 27.4 Å². The fourth-order valence-corrected chi connectivity index (χ4v) is 2.66. The molecule has 126 valence electrons. The maximum absolute atomic E-state index is 12.9. The molecule has 0 bridgehead atoms. The largest absolute Gasteiger partial charge is 0.504 e. The molecule has 3 aromatic rings. The summed E-state index contributed by atoms with van der Waals surface area (Å²) in [7, 11) is 5.75. The predicted molar refractivity (Wildman–Crippen MR) is 87.9 cm³/mol. The van der Waals surface area contributed by atoms with Crippen LogP contribution in [0.2, 0.25) is 0 Å². The van der Waals surface area contributed by atoms with Gasteiger partial charge in [-0.15, -0.1) is 0 Å². The van der Waals surface area contributed by atoms with Crippen molar-refractivity contribution in [2.75, 3.05) is 28.4 Å². The van der Waals surface area contributed by atoms with Crippen molar-refractivity contribution in [1.82, 2.24) is 0 Å². The van der Waals surface area contributed by atoms with Crippen LogP contribution in [-0.4, -0.2) is 33.5 Å². The summed E-state index contributed by atoms with van der Waals surface area (Å²) in [5, 5.41) is 10.4. The third-order valence-electron chi connectivity index (χ3n) is 3.77. The molecule has 0 atom stereocenters. The van der Waals surface area contributed by atoms with Crippen molar-refractivity contribution in [2.45, 2.75) is 0 Å². The van der Waals surface area contributed by atoms with Crippen molar-refractivity contribution in [1.29, 1.82) is 0 Å². The van der Waals surface area contributed by atoms with Crippen molar-refractivity contribution >= 4 is 21.9 Å². The molecule has 0 aliphatic rings. The number of aromatic hydroxyl groups is 1. The van der Waals surface area contributed by atoms with Crippen molar-refractivity contribution in [2.24, 2.45) is 0 Å². The molecular formula is C17H16O7. The van der Waals surface area contributed by atoms with Crippen LogP contribution in [0, 0.1) is 0 Å². The maximum Gasteiger partial charge on any atom is 0.204 e. The summed E-state index contributed by atoms with van der Waals surface area (Å²) in [5.74, 6) is 0.926. The smallest absolute Gasteiger partial charge is 0.204 e. The molecule has 2 aromatic carbocycles. The zero-order valence-corrected chi connectivity index (χ0v) is 13.6. The van der Waals surface area contributed by atoms with E-state index in [1.54, 1.807) is 6.07 Å². The topological polar surface area (TPSA) is 87.4 Å². The summed E-state index contributed by atoms with van der Waals surface area (Å²) < 4.78 is 26.7. The molecule has 1 aromatic heterocycles. The molecule has 7 heteroatoms. The quantitative estimate of drug-likeness (QED) is 0.735. The summed E-state index contributed by atoms with van der Waals surface area (Å²) in [6.45, 7) is 0. The van der Waals surface area contributed by atoms with E-state index in [-0.39, 0.29) is 44.6 Å². The molecule has 0 amide bonds. The third kappa shape index (κ3) is 2.17. The molecule has 0 unspecified atom stereocenters. The lowest BCUT2D eigenvalue weighted by molar-refractivity contribution is 0.326. The molecule has 3 rings (SSSR count). The van der Waals surface area contributed by atoms with Crippen LogP contribution in [0.5, 0.6) is 28.7 Å². The van der Waals surface area contributed by atoms with Crippen molar-refractivity contribution < 1.29 is 28.5 Å². The number of ether oxygens (including phenoxy) is 4. The fraction of sp³-hybridized carbons (Fsp3) is 0.235. The Morgan fingerprint density at radius 2 is 1.50 bits per heavy atom. The summed E-state index contributed by atoms with van der Waals surface area (Å²) in [4.78, 5) is 12.9. The van der Waals surface area contributed by atoms with Crippen LogP contribution in [0.3, 0.4) is 0 Å². The van der Waals surface area contributed by atoms with E-state index in [0.717, 1.165) is 0 Å². The number of benzene rings is 2. The van der Waals surface area contributed by atoms with E-state index in [4.69, 9.17) is 23.4 Å². The van der Waals surface area contributed by atoms with Gasteiger partial charge in [-0.3, -0.25) is 4.79 Å². The SMILES string of the molecule is COc1cc2c(=O)c3c(OC)c(OC)c(OC)cc3oc2cc1O. The Bertz CT molecular complexity index is 988. The molecule has 0 saturated carbocycles. The molecule has 0 aliphatic carbocycles. The van der Waals surface area contributed by atoms with Gasteiger partial charge in [0.1, 0.15) is 16.6 Å². The minimum absolute atomic E-state index is 0.125. The Labute approximate surface area is 136 Å². The molecular weight excluding hydrogens is 316 g/mol. The van der Waals surface area contributed by atoms with Gasteiger partial charge in [-0.05, 0) is 6.07 Å². The van der Waals surface area contributed by atoms with Crippen molar-refractivity contribution in [3.8, 4) is 28.7 Å². The summed E-state index contributed by atoms with van der Waals surface area (Å²) >= 11 is 0. The number of fused-ring (bicyclic) bond motifs is 2. The highest BCUT2D eigenvalue weighted by Crippen LogP contribution is 2.43. The molecule has 0 spiro atoms. The van der Waals surface area contributed by atoms with Gasteiger partial charge in [0.15, 0.2) is 23.0 Å². The van der Waals surface area contributed by atoms with Crippen LogP contribution >= 0.6 is 0 Å². The number of phenols is 1. The molecule has 1 N–H and O–H groups in total. The highest BCUT2D eigenvalue weighted by Gasteiger charge is 2.22. The zero-order valence-electron chi connectivity index (χ0n) is 13.6. The first kappa shape index (κ1) is 15.8. The summed E-state index contributed by atoms with van der Waals surface area (Å²) in [6, 6.07) is 4.29. The van der Waals surface area contributed by atoms with Gasteiger partial charge in [0.2, 0.25) is 11.2 Å². The van der Waals surface area contributed by atoms with Crippen LogP contribution < -0.4 is 24.4 Å². The molecule has 0 fully saturated rings. The zero-order chi connectivity index (χ0) is 17.4. The Morgan fingerprint density at radius 1 is 0.833 bits per heavy atom. The van der Waals surface area contributed by atoms with E-state index in [2.05, 4.69) is 0 Å². The Morgan fingerprint density at radius 3 is 2.08 bits per heavy atom. The first-order chi connectivity index (χ1) is 11.5. The number of phenolic OH excluding ortho intramolecular Hbond substituents is 1. The molecule has 0 aliphatic heterocycles. The van der Waals surface area contributed by atoms with Gasteiger partial charge in [0.05, 0.1) is 33.8 Å². The minimum atomic E-state index is -0.331. The average molecular weight is 332 g/mol. The van der Waals surface area contributed by atoms with E-state index in [1.165, 1.54) is 40.6 Å². The van der Waals surface area contributed by atoms with Crippen molar-refractivity contribution in [3.05, 3.63) is 28.4 Å². The molecule has 0 radical (unpaired) electrons. The van der Waals surface area contributed by atoms with Gasteiger partial charge >= 0.3 is 0 Å². The monoisotopic (exact) mass is 332 g/mol. The van der Waals surface area contributed by atoms with Crippen molar-refractivity contribution in [3.63, 3.8) is 0 Å². The second kappa shape index (κ2) is 5.84. The second-order valence-corrected chi connectivity index (χ2v) is 4.97. The van der Waals surface area contributed by atoms with E-state index >= 15 is 0 Å². The number of rotatable bonds is 4. The van der Waals surface area contributed by atoms with E-state index in [9.17, 15) is 9.90 Å². The Hall–Kier alpha value is -3.09. The second-order valence-electron chi connectivity index (χ2n) is 4.97. The van der Waals surface area contributed by atoms with Gasteiger partial charge in [-0.25, -0.2) is 0 Å². The predicted octanol–water partition coefficient (Wildman–Crippen LogP) is 2.69. The van der Waals surface area contributed by atoms with Crippen LogP contribution in [-0.2, 0) is 0 Å². The third-order valence-corrected chi connectivity index (χ3v) is 3.77. The van der Waals surface area contributed by atoms with Gasteiger partial charge in [-0.2, -0.15) is 0 Å². The Kier molecular flexibility index (Phi) is 3.84. The van der Waals surface area contributed by atoms with Gasteiger partial charge in [0, 0.05) is 12.1 Å². The lowest BCUT2D eigenvalue weighted by Crippen LogP contribution is -2.06. The Balaban J connectivity index is 2.53. The van der Waals surface area contributed by atoms with Crippen LogP contribution in [0.1, 0.15) is 0 Å². The minimum Gasteiger partial charge on any atom is -0.504 e. The fourth-order valence-electron chi connectivity index (χ4n) is 2.66. The van der Waals surface area contributed by atoms with E-state index < -0.39 is 0 Å². The van der Waals surface area contributed by atoms with Gasteiger partial charge in [-0.1, -0.05) is 0 Å². The van der Waals surface area contributed by atoms with Crippen LogP contribution in [0.4, 0.5) is 0 Å². The first-order valence-corrected chi connectivity index (χ1v) is 7.02. The average Bonchev–Trinajstić information content (AvgIpc) is 2.59. The molecule has 1 heterocycles. The standard InChI is InChI=1S/C17H16O7/c1-20-11-5-8-10(6-9(11)18)24-12-7-13(21-2)16(22-3)17(23-4)14(12)15(8)19/h5-7,18H,1-4H3. The first-order valence-electron chi connectivity index (χ1n) is 7.02. The number of hydrogen-bond donors (Lipinski definition) is 1. The highest BCUT2D eigenvalue weighted by molar-refractivity contribution is 5.97. The normalized spacial score (nSPS) is 10.8. The van der Waals surface area contributed by atoms with Gasteiger partial charge < -0.3 is 28.5 Å². The lowest BCUT2D eigenvalue weighted by Gasteiger charge is -2.14. The van der Waals surface area contributed by atoms with Crippen LogP contribution in [0.25, 0.3) is 21.9 Å². The number of hydrogen-bond acceptors (Lipinski definition) is 7. The lowest BCUT2D eigenvalue weighted by atomic mass is 10.1. The molecule has 0 saturated heterocycles.